The van der Waals surface area contributed by atoms with Gasteiger partial charge >= 0.3 is 0 Å². The lowest BCUT2D eigenvalue weighted by Crippen LogP contribution is -2.27. The van der Waals surface area contributed by atoms with Gasteiger partial charge in [0.1, 0.15) is 12.2 Å². The lowest BCUT2D eigenvalue weighted by molar-refractivity contribution is 0.00459. The van der Waals surface area contributed by atoms with Crippen LogP contribution < -0.4 is 5.73 Å². The fourth-order valence-corrected chi connectivity index (χ4v) is 1.82. The maximum absolute atomic E-state index is 11.3. The summed E-state index contributed by atoms with van der Waals surface area (Å²) in [6.07, 6.45) is 3.26. The number of carbonyl (C=O) groups is 1. The molecule has 2 aromatic heterocycles. The van der Waals surface area contributed by atoms with Gasteiger partial charge in [0, 0.05) is 6.20 Å². The van der Waals surface area contributed by atoms with Gasteiger partial charge in [0.25, 0.3) is 5.91 Å². The van der Waals surface area contributed by atoms with E-state index < -0.39 is 5.91 Å². The molecular formula is C10H10N4O2. The van der Waals surface area contributed by atoms with E-state index in [0.29, 0.717) is 24.4 Å². The monoisotopic (exact) mass is 218 g/mol. The zero-order chi connectivity index (χ0) is 11.1. The quantitative estimate of drug-likeness (QED) is 0.765. The molecule has 16 heavy (non-hydrogen) atoms. The van der Waals surface area contributed by atoms with E-state index in [1.165, 1.54) is 0 Å². The van der Waals surface area contributed by atoms with E-state index >= 15 is 0 Å². The van der Waals surface area contributed by atoms with Gasteiger partial charge in [-0.2, -0.15) is 0 Å². The van der Waals surface area contributed by atoms with Crippen LogP contribution in [-0.4, -0.2) is 33.5 Å². The van der Waals surface area contributed by atoms with Crippen molar-refractivity contribution < 1.29 is 9.53 Å². The van der Waals surface area contributed by atoms with Gasteiger partial charge in [-0.1, -0.05) is 0 Å². The molecule has 0 aliphatic carbocycles. The molecule has 0 spiro atoms. The maximum Gasteiger partial charge on any atom is 0.269 e. The third kappa shape index (κ3) is 1.20. The SMILES string of the molecule is NC(=O)c1nc(C2COC2)n2cnccc12. The number of hydrogen-bond donors (Lipinski definition) is 1. The van der Waals surface area contributed by atoms with Gasteiger partial charge in [0.2, 0.25) is 0 Å². The molecule has 0 saturated carbocycles. The molecule has 0 unspecified atom stereocenters. The molecule has 1 amide bonds. The minimum absolute atomic E-state index is 0.227. The second kappa shape index (κ2) is 3.28. The molecule has 1 saturated heterocycles. The van der Waals surface area contributed by atoms with Crippen molar-refractivity contribution in [2.45, 2.75) is 5.92 Å². The third-order valence-electron chi connectivity index (χ3n) is 2.71. The summed E-state index contributed by atoms with van der Waals surface area (Å²) in [6.45, 7) is 1.26. The fourth-order valence-electron chi connectivity index (χ4n) is 1.82. The van der Waals surface area contributed by atoms with Gasteiger partial charge in [0.15, 0.2) is 5.69 Å². The average molecular weight is 218 g/mol. The Balaban J connectivity index is 2.24. The number of rotatable bonds is 2. The molecule has 0 radical (unpaired) electrons. The molecule has 0 atom stereocenters. The highest BCUT2D eigenvalue weighted by Gasteiger charge is 2.27. The lowest BCUT2D eigenvalue weighted by Gasteiger charge is -2.24. The minimum Gasteiger partial charge on any atom is -0.380 e. The Hall–Kier alpha value is -1.95. The number of imidazole rings is 1. The highest BCUT2D eigenvalue weighted by atomic mass is 16.5. The highest BCUT2D eigenvalue weighted by molar-refractivity contribution is 5.97. The van der Waals surface area contributed by atoms with Crippen molar-refractivity contribution in [2.75, 3.05) is 13.2 Å². The van der Waals surface area contributed by atoms with Crippen LogP contribution in [0.1, 0.15) is 22.2 Å². The number of amides is 1. The van der Waals surface area contributed by atoms with E-state index in [4.69, 9.17) is 10.5 Å². The van der Waals surface area contributed by atoms with Gasteiger partial charge in [-0.15, -0.1) is 0 Å². The van der Waals surface area contributed by atoms with Gasteiger partial charge < -0.3 is 10.5 Å². The zero-order valence-corrected chi connectivity index (χ0v) is 8.46. The molecule has 0 bridgehead atoms. The van der Waals surface area contributed by atoms with Crippen LogP contribution in [0.3, 0.4) is 0 Å². The number of aromatic nitrogens is 3. The molecule has 2 N–H and O–H groups in total. The Morgan fingerprint density at radius 3 is 3.00 bits per heavy atom. The summed E-state index contributed by atoms with van der Waals surface area (Å²) in [6, 6.07) is 1.73. The Labute approximate surface area is 91.1 Å². The van der Waals surface area contributed by atoms with Crippen molar-refractivity contribution in [1.29, 1.82) is 0 Å². The summed E-state index contributed by atoms with van der Waals surface area (Å²) in [4.78, 5) is 19.5. The largest absolute Gasteiger partial charge is 0.380 e. The van der Waals surface area contributed by atoms with E-state index in [0.717, 1.165) is 5.82 Å². The predicted octanol–water partition coefficient (Wildman–Crippen LogP) is -0.0580. The minimum atomic E-state index is -0.518. The van der Waals surface area contributed by atoms with E-state index in [-0.39, 0.29) is 5.92 Å². The van der Waals surface area contributed by atoms with Crippen LogP contribution in [0.15, 0.2) is 18.6 Å². The molecule has 3 rings (SSSR count). The molecule has 1 aliphatic heterocycles. The zero-order valence-electron chi connectivity index (χ0n) is 8.46. The average Bonchev–Trinajstić information content (AvgIpc) is 2.56. The van der Waals surface area contributed by atoms with Crippen LogP contribution in [0.5, 0.6) is 0 Å². The van der Waals surface area contributed by atoms with Crippen LogP contribution in [0.4, 0.5) is 0 Å². The number of fused-ring (bicyclic) bond motifs is 1. The summed E-state index contributed by atoms with van der Waals surface area (Å²) in [5.74, 6) is 0.503. The van der Waals surface area contributed by atoms with Gasteiger partial charge in [-0.25, -0.2) is 9.97 Å². The number of hydrogen-bond acceptors (Lipinski definition) is 4. The first-order valence-electron chi connectivity index (χ1n) is 4.97. The number of carbonyl (C=O) groups excluding carboxylic acids is 1. The summed E-state index contributed by atoms with van der Waals surface area (Å²) in [7, 11) is 0. The van der Waals surface area contributed by atoms with Crippen LogP contribution in [0.2, 0.25) is 0 Å². The Morgan fingerprint density at radius 1 is 1.56 bits per heavy atom. The maximum atomic E-state index is 11.3. The Morgan fingerprint density at radius 2 is 2.38 bits per heavy atom. The molecule has 6 nitrogen and oxygen atoms in total. The standard InChI is InChI=1S/C10H10N4O2/c11-9(15)8-7-1-2-12-5-14(7)10(13-8)6-3-16-4-6/h1-2,5-6H,3-4H2,(H2,11,15). The van der Waals surface area contributed by atoms with Gasteiger partial charge in [-0.05, 0) is 6.07 Å². The third-order valence-corrected chi connectivity index (χ3v) is 2.71. The number of primary amides is 1. The molecular weight excluding hydrogens is 208 g/mol. The molecule has 82 valence electrons. The Bertz CT molecular complexity index is 559. The molecule has 3 heterocycles. The van der Waals surface area contributed by atoms with Crippen LogP contribution in [-0.2, 0) is 4.74 Å². The molecule has 2 aromatic rings. The van der Waals surface area contributed by atoms with Crippen molar-refractivity contribution in [3.63, 3.8) is 0 Å². The summed E-state index contributed by atoms with van der Waals surface area (Å²) >= 11 is 0. The van der Waals surface area contributed by atoms with Crippen molar-refractivity contribution in [3.8, 4) is 0 Å². The van der Waals surface area contributed by atoms with E-state index in [1.54, 1.807) is 23.0 Å². The first kappa shape index (κ1) is 9.29. The van der Waals surface area contributed by atoms with E-state index in [9.17, 15) is 4.79 Å². The van der Waals surface area contributed by atoms with Gasteiger partial charge in [-0.3, -0.25) is 9.20 Å². The van der Waals surface area contributed by atoms with Gasteiger partial charge in [0.05, 0.1) is 24.6 Å². The lowest BCUT2D eigenvalue weighted by atomic mass is 10.1. The molecule has 6 heteroatoms. The second-order valence-electron chi connectivity index (χ2n) is 3.75. The van der Waals surface area contributed by atoms with Crippen molar-refractivity contribution in [3.05, 3.63) is 30.1 Å². The van der Waals surface area contributed by atoms with Crippen molar-refractivity contribution >= 4 is 11.4 Å². The topological polar surface area (TPSA) is 82.5 Å². The van der Waals surface area contributed by atoms with E-state index in [1.807, 2.05) is 0 Å². The fraction of sp³-hybridized carbons (Fsp3) is 0.300. The summed E-state index contributed by atoms with van der Waals surface area (Å²) < 4.78 is 6.92. The molecule has 1 aliphatic rings. The van der Waals surface area contributed by atoms with E-state index in [2.05, 4.69) is 9.97 Å². The Kier molecular flexibility index (Phi) is 1.90. The van der Waals surface area contributed by atoms with Crippen molar-refractivity contribution in [1.82, 2.24) is 14.4 Å². The van der Waals surface area contributed by atoms with Crippen molar-refractivity contribution in [2.24, 2.45) is 5.73 Å². The second-order valence-corrected chi connectivity index (χ2v) is 3.75. The molecule has 0 aromatic carbocycles. The number of ether oxygens (including phenoxy) is 1. The highest BCUT2D eigenvalue weighted by Crippen LogP contribution is 2.25. The summed E-state index contributed by atoms with van der Waals surface area (Å²) in [5, 5.41) is 0. The number of nitrogens with zero attached hydrogens (tertiary/aromatic N) is 3. The van der Waals surface area contributed by atoms with Crippen LogP contribution >= 0.6 is 0 Å². The molecule has 1 fully saturated rings. The van der Waals surface area contributed by atoms with Crippen LogP contribution in [0.25, 0.3) is 5.52 Å². The number of nitrogens with two attached hydrogens (primary N) is 1. The smallest absolute Gasteiger partial charge is 0.269 e. The van der Waals surface area contributed by atoms with Crippen LogP contribution in [0, 0.1) is 0 Å². The summed E-state index contributed by atoms with van der Waals surface area (Å²) in [5.41, 5.74) is 6.28. The predicted molar refractivity (Wildman–Crippen MR) is 55.1 cm³/mol. The normalized spacial score (nSPS) is 16.2. The first-order valence-corrected chi connectivity index (χ1v) is 4.97. The first-order chi connectivity index (χ1) is 7.77.